The highest BCUT2D eigenvalue weighted by Gasteiger charge is 2.16. The van der Waals surface area contributed by atoms with Gasteiger partial charge in [0.1, 0.15) is 12.4 Å². The van der Waals surface area contributed by atoms with Crippen LogP contribution in [0.25, 0.3) is 0 Å². The smallest absolute Gasteiger partial charge is 0.191 e. The Morgan fingerprint density at radius 1 is 1.23 bits per heavy atom. The Morgan fingerprint density at radius 3 is 2.97 bits per heavy atom. The summed E-state index contributed by atoms with van der Waals surface area (Å²) in [6.07, 6.45) is 1.17. The second-order valence-electron chi connectivity index (χ2n) is 7.47. The largest absolute Gasteiger partial charge is 0.491 e. The van der Waals surface area contributed by atoms with Crippen LogP contribution in [0.4, 0.5) is 0 Å². The minimum Gasteiger partial charge on any atom is -0.491 e. The van der Waals surface area contributed by atoms with E-state index in [0.29, 0.717) is 19.8 Å². The topological polar surface area (TPSA) is 58.1 Å². The number of aryl methyl sites for hydroxylation is 1. The molecule has 0 atom stereocenters. The molecule has 3 rings (SSSR count). The van der Waals surface area contributed by atoms with E-state index >= 15 is 0 Å². The first-order valence-corrected chi connectivity index (χ1v) is 11.6. The Kier molecular flexibility index (Phi) is 8.99. The predicted molar refractivity (Wildman–Crippen MR) is 125 cm³/mol. The molecule has 2 heterocycles. The average molecular weight is 431 g/mol. The van der Waals surface area contributed by atoms with Gasteiger partial charge in [-0.15, -0.1) is 11.3 Å². The molecule has 6 nitrogen and oxygen atoms in total. The number of rotatable bonds is 10. The molecule has 0 bridgehead atoms. The minimum atomic E-state index is 0.538. The number of fused-ring (bicyclic) bond motifs is 1. The van der Waals surface area contributed by atoms with Crippen molar-refractivity contribution in [2.24, 2.45) is 4.99 Å². The van der Waals surface area contributed by atoms with Crippen molar-refractivity contribution in [2.75, 3.05) is 46.5 Å². The monoisotopic (exact) mass is 430 g/mol. The molecule has 0 spiro atoms. The zero-order valence-electron chi connectivity index (χ0n) is 18.4. The van der Waals surface area contributed by atoms with Crippen LogP contribution in [0.3, 0.4) is 0 Å². The minimum absolute atomic E-state index is 0.538. The molecule has 1 aliphatic heterocycles. The molecule has 0 aliphatic carbocycles. The van der Waals surface area contributed by atoms with Crippen molar-refractivity contribution in [1.29, 1.82) is 0 Å². The van der Waals surface area contributed by atoms with Crippen molar-refractivity contribution in [3.05, 3.63) is 51.2 Å². The van der Waals surface area contributed by atoms with Crippen molar-refractivity contribution in [2.45, 2.75) is 33.4 Å². The Bertz CT molecular complexity index is 821. The number of thiophene rings is 1. The highest BCUT2D eigenvalue weighted by atomic mass is 32.1. The van der Waals surface area contributed by atoms with Crippen molar-refractivity contribution in [3.63, 3.8) is 0 Å². The Balaban J connectivity index is 1.53. The van der Waals surface area contributed by atoms with E-state index in [1.54, 1.807) is 12.0 Å². The van der Waals surface area contributed by atoms with Gasteiger partial charge >= 0.3 is 0 Å². The number of aliphatic imine (C=N–C) groups is 1. The van der Waals surface area contributed by atoms with E-state index in [1.807, 2.05) is 11.3 Å². The third-order valence-electron chi connectivity index (χ3n) is 5.13. The average Bonchev–Trinajstić information content (AvgIpc) is 3.21. The molecule has 0 amide bonds. The molecule has 1 aromatic carbocycles. The first-order valence-electron chi connectivity index (χ1n) is 10.7. The van der Waals surface area contributed by atoms with E-state index in [4.69, 9.17) is 14.5 Å². The van der Waals surface area contributed by atoms with Crippen LogP contribution in [0.15, 0.2) is 34.6 Å². The molecule has 7 heteroatoms. The zero-order chi connectivity index (χ0) is 21.2. The lowest BCUT2D eigenvalue weighted by molar-refractivity contribution is 0.145. The molecular weight excluding hydrogens is 396 g/mol. The molecule has 0 fully saturated rings. The molecule has 30 heavy (non-hydrogen) atoms. The summed E-state index contributed by atoms with van der Waals surface area (Å²) in [6.45, 7) is 10.7. The lowest BCUT2D eigenvalue weighted by atomic mass is 10.1. The van der Waals surface area contributed by atoms with Gasteiger partial charge in [0.2, 0.25) is 0 Å². The molecule has 0 saturated carbocycles. The van der Waals surface area contributed by atoms with Gasteiger partial charge in [-0.3, -0.25) is 4.90 Å². The second-order valence-corrected chi connectivity index (χ2v) is 8.47. The van der Waals surface area contributed by atoms with Gasteiger partial charge in [-0.1, -0.05) is 12.1 Å². The molecular formula is C23H34N4O2S. The first kappa shape index (κ1) is 22.6. The van der Waals surface area contributed by atoms with Crippen LogP contribution < -0.4 is 15.4 Å². The van der Waals surface area contributed by atoms with Gasteiger partial charge in [0, 0.05) is 50.3 Å². The van der Waals surface area contributed by atoms with Crippen LogP contribution in [0, 0.1) is 6.92 Å². The first-order chi connectivity index (χ1) is 14.7. The van der Waals surface area contributed by atoms with Gasteiger partial charge in [-0.2, -0.15) is 0 Å². The maximum Gasteiger partial charge on any atom is 0.191 e. The van der Waals surface area contributed by atoms with Crippen LogP contribution in [0.5, 0.6) is 5.75 Å². The number of guanidine groups is 1. The van der Waals surface area contributed by atoms with E-state index in [1.165, 1.54) is 17.5 Å². The molecule has 0 saturated heterocycles. The van der Waals surface area contributed by atoms with Gasteiger partial charge < -0.3 is 20.1 Å². The van der Waals surface area contributed by atoms with E-state index in [0.717, 1.165) is 50.0 Å². The van der Waals surface area contributed by atoms with Crippen LogP contribution in [0.2, 0.25) is 0 Å². The Hall–Kier alpha value is -2.09. The van der Waals surface area contributed by atoms with Crippen molar-refractivity contribution >= 4 is 17.3 Å². The van der Waals surface area contributed by atoms with Gasteiger partial charge in [-0.25, -0.2) is 4.99 Å². The molecule has 164 valence electrons. The lowest BCUT2D eigenvalue weighted by Gasteiger charge is -2.27. The van der Waals surface area contributed by atoms with Crippen molar-refractivity contribution < 1.29 is 9.47 Å². The van der Waals surface area contributed by atoms with Crippen molar-refractivity contribution in [1.82, 2.24) is 15.5 Å². The van der Waals surface area contributed by atoms with E-state index < -0.39 is 0 Å². The zero-order valence-corrected chi connectivity index (χ0v) is 19.2. The third kappa shape index (κ3) is 6.72. The maximum absolute atomic E-state index is 5.89. The summed E-state index contributed by atoms with van der Waals surface area (Å²) in [4.78, 5) is 8.84. The van der Waals surface area contributed by atoms with Crippen LogP contribution in [-0.2, 0) is 24.2 Å². The quantitative estimate of drug-likeness (QED) is 0.344. The van der Waals surface area contributed by atoms with Gasteiger partial charge in [0.15, 0.2) is 5.96 Å². The fourth-order valence-electron chi connectivity index (χ4n) is 3.50. The maximum atomic E-state index is 5.89. The number of ether oxygens (including phenoxy) is 2. The summed E-state index contributed by atoms with van der Waals surface area (Å²) < 4.78 is 11.0. The molecule has 1 aliphatic rings. The van der Waals surface area contributed by atoms with E-state index in [9.17, 15) is 0 Å². The Morgan fingerprint density at radius 2 is 2.13 bits per heavy atom. The summed E-state index contributed by atoms with van der Waals surface area (Å²) >= 11 is 1.89. The molecule has 2 aromatic rings. The number of hydrogen-bond acceptors (Lipinski definition) is 5. The summed E-state index contributed by atoms with van der Waals surface area (Å²) in [5, 5.41) is 9.03. The summed E-state index contributed by atoms with van der Waals surface area (Å²) in [5.74, 6) is 1.72. The van der Waals surface area contributed by atoms with Crippen LogP contribution >= 0.6 is 11.3 Å². The SMILES string of the molecule is CCNC(=NCc1ccc(C)cc1OCCOC)NCCN1CCc2sccc2C1. The fraction of sp³-hybridized carbons (Fsp3) is 0.522. The number of nitrogens with zero attached hydrogens (tertiary/aromatic N) is 2. The molecule has 2 N–H and O–H groups in total. The highest BCUT2D eigenvalue weighted by Crippen LogP contribution is 2.23. The van der Waals surface area contributed by atoms with E-state index in [2.05, 4.69) is 59.0 Å². The molecule has 0 radical (unpaired) electrons. The highest BCUT2D eigenvalue weighted by molar-refractivity contribution is 7.10. The molecule has 1 aromatic heterocycles. The lowest BCUT2D eigenvalue weighted by Crippen LogP contribution is -2.42. The van der Waals surface area contributed by atoms with Gasteiger partial charge in [0.25, 0.3) is 0 Å². The van der Waals surface area contributed by atoms with Gasteiger partial charge in [0.05, 0.1) is 13.2 Å². The van der Waals surface area contributed by atoms with Crippen LogP contribution in [-0.4, -0.2) is 57.4 Å². The second kappa shape index (κ2) is 11.9. The van der Waals surface area contributed by atoms with E-state index in [-0.39, 0.29) is 0 Å². The number of nitrogens with one attached hydrogen (secondary N) is 2. The van der Waals surface area contributed by atoms with Crippen LogP contribution in [0.1, 0.15) is 28.5 Å². The fourth-order valence-corrected chi connectivity index (χ4v) is 4.39. The molecule has 0 unspecified atom stereocenters. The summed E-state index contributed by atoms with van der Waals surface area (Å²) in [6, 6.07) is 8.52. The number of benzene rings is 1. The Labute approximate surface area is 184 Å². The number of hydrogen-bond donors (Lipinski definition) is 2. The predicted octanol–water partition coefficient (Wildman–Crippen LogP) is 3.20. The third-order valence-corrected chi connectivity index (χ3v) is 6.15. The number of methoxy groups -OCH3 is 1. The summed E-state index contributed by atoms with van der Waals surface area (Å²) in [7, 11) is 1.68. The summed E-state index contributed by atoms with van der Waals surface area (Å²) in [5.41, 5.74) is 3.75. The van der Waals surface area contributed by atoms with Crippen molar-refractivity contribution in [3.8, 4) is 5.75 Å². The van der Waals surface area contributed by atoms with Gasteiger partial charge in [-0.05, 0) is 48.9 Å². The normalized spacial score (nSPS) is 14.4. The standard InChI is InChI=1S/C23H34N4O2S/c1-4-24-23(25-9-11-27-10-7-22-20(17-27)8-14-30-22)26-16-19-6-5-18(2)15-21(19)29-13-12-28-3/h5-6,8,14-15H,4,7,9-13,16-17H2,1-3H3,(H2,24,25,26).